The Morgan fingerprint density at radius 2 is 1.78 bits per heavy atom. The van der Waals surface area contributed by atoms with E-state index in [4.69, 9.17) is 5.11 Å². The number of nitrogens with one attached hydrogen (secondary N) is 1. The summed E-state index contributed by atoms with van der Waals surface area (Å²) in [6.07, 6.45) is 2.49. The molecule has 1 rings (SSSR count). The van der Waals surface area contributed by atoms with Crippen molar-refractivity contribution in [2.75, 3.05) is 6.54 Å². The smallest absolute Gasteiger partial charge is 0.303 e. The van der Waals surface area contributed by atoms with Gasteiger partial charge in [0, 0.05) is 22.1 Å². The van der Waals surface area contributed by atoms with Gasteiger partial charge in [-0.15, -0.1) is 0 Å². The summed E-state index contributed by atoms with van der Waals surface area (Å²) in [7, 11) is 0. The highest BCUT2D eigenvalue weighted by Gasteiger charge is 2.04. The Balaban J connectivity index is 2.17. The van der Waals surface area contributed by atoms with Gasteiger partial charge in [0.1, 0.15) is 0 Å². The molecular weight excluding hydrogens is 345 g/mol. The van der Waals surface area contributed by atoms with Gasteiger partial charge in [0.2, 0.25) is 0 Å². The third-order valence-electron chi connectivity index (χ3n) is 2.46. The van der Waals surface area contributed by atoms with E-state index in [0.29, 0.717) is 18.5 Å². The fourth-order valence-electron chi connectivity index (χ4n) is 1.48. The van der Waals surface area contributed by atoms with Crippen molar-refractivity contribution in [3.05, 3.63) is 33.4 Å². The van der Waals surface area contributed by atoms with Crippen LogP contribution in [0.5, 0.6) is 0 Å². The van der Waals surface area contributed by atoms with Crippen LogP contribution in [-0.2, 0) is 4.79 Å². The van der Waals surface area contributed by atoms with Crippen LogP contribution in [-0.4, -0.2) is 23.5 Å². The third kappa shape index (κ3) is 6.00. The summed E-state index contributed by atoms with van der Waals surface area (Å²) in [5, 5.41) is 11.3. The molecule has 0 spiro atoms. The number of benzene rings is 1. The van der Waals surface area contributed by atoms with E-state index in [-0.39, 0.29) is 12.3 Å². The minimum atomic E-state index is -0.766. The number of halogens is 1. The minimum Gasteiger partial charge on any atom is -0.481 e. The summed E-state index contributed by atoms with van der Waals surface area (Å²) in [6.45, 7) is 0.588. The first-order chi connectivity index (χ1) is 8.59. The fraction of sp³-hybridized carbons (Fsp3) is 0.385. The predicted molar refractivity (Wildman–Crippen MR) is 77.6 cm³/mol. The zero-order valence-electron chi connectivity index (χ0n) is 9.99. The molecule has 0 aromatic heterocycles. The number of carboxylic acids is 1. The quantitative estimate of drug-likeness (QED) is 0.580. The average Bonchev–Trinajstić information content (AvgIpc) is 2.34. The van der Waals surface area contributed by atoms with Crippen LogP contribution in [0.25, 0.3) is 0 Å². The van der Waals surface area contributed by atoms with E-state index >= 15 is 0 Å². The average molecular weight is 361 g/mol. The Kier molecular flexibility index (Phi) is 6.70. The lowest BCUT2D eigenvalue weighted by molar-refractivity contribution is -0.137. The van der Waals surface area contributed by atoms with Gasteiger partial charge in [-0.25, -0.2) is 0 Å². The van der Waals surface area contributed by atoms with Crippen LogP contribution in [0.3, 0.4) is 0 Å². The first kappa shape index (κ1) is 14.9. The van der Waals surface area contributed by atoms with Gasteiger partial charge in [-0.05, 0) is 59.7 Å². The molecule has 0 atom stereocenters. The molecule has 0 heterocycles. The lowest BCUT2D eigenvalue weighted by atomic mass is 10.2. The van der Waals surface area contributed by atoms with Gasteiger partial charge < -0.3 is 10.4 Å². The number of rotatable bonds is 7. The zero-order valence-corrected chi connectivity index (χ0v) is 12.1. The molecule has 4 nitrogen and oxygen atoms in total. The maximum absolute atomic E-state index is 11.7. The SMILES string of the molecule is O=C(O)CCCCCNC(=O)c1ccc(I)cc1. The highest BCUT2D eigenvalue weighted by molar-refractivity contribution is 14.1. The molecule has 0 saturated heterocycles. The number of carbonyl (C=O) groups excluding carboxylic acids is 1. The van der Waals surface area contributed by atoms with E-state index in [1.165, 1.54) is 0 Å². The molecular formula is C13H16INO3. The van der Waals surface area contributed by atoms with Crippen molar-refractivity contribution >= 4 is 34.5 Å². The van der Waals surface area contributed by atoms with Crippen molar-refractivity contribution in [2.45, 2.75) is 25.7 Å². The van der Waals surface area contributed by atoms with Crippen LogP contribution in [0.1, 0.15) is 36.0 Å². The molecule has 0 saturated carbocycles. The highest BCUT2D eigenvalue weighted by Crippen LogP contribution is 2.06. The normalized spacial score (nSPS) is 10.1. The summed E-state index contributed by atoms with van der Waals surface area (Å²) < 4.78 is 1.10. The number of hydrogen-bond acceptors (Lipinski definition) is 2. The molecule has 0 unspecified atom stereocenters. The Morgan fingerprint density at radius 1 is 1.11 bits per heavy atom. The Hall–Kier alpha value is -1.11. The van der Waals surface area contributed by atoms with E-state index in [2.05, 4.69) is 27.9 Å². The number of carboxylic acid groups (broad SMARTS) is 1. The maximum Gasteiger partial charge on any atom is 0.303 e. The fourth-order valence-corrected chi connectivity index (χ4v) is 1.84. The van der Waals surface area contributed by atoms with Gasteiger partial charge in [0.15, 0.2) is 0 Å². The molecule has 1 amide bonds. The Bertz CT molecular complexity index is 403. The summed E-state index contributed by atoms with van der Waals surface area (Å²) >= 11 is 2.19. The molecule has 98 valence electrons. The summed E-state index contributed by atoms with van der Waals surface area (Å²) in [5.74, 6) is -0.845. The molecule has 0 fully saturated rings. The molecule has 0 radical (unpaired) electrons. The van der Waals surface area contributed by atoms with Gasteiger partial charge in [-0.1, -0.05) is 6.42 Å². The van der Waals surface area contributed by atoms with Crippen molar-refractivity contribution in [2.24, 2.45) is 0 Å². The Labute approximate surface area is 120 Å². The monoisotopic (exact) mass is 361 g/mol. The third-order valence-corrected chi connectivity index (χ3v) is 3.18. The van der Waals surface area contributed by atoms with Gasteiger partial charge >= 0.3 is 5.97 Å². The van der Waals surface area contributed by atoms with E-state index in [0.717, 1.165) is 16.4 Å². The van der Waals surface area contributed by atoms with E-state index in [1.54, 1.807) is 12.1 Å². The van der Waals surface area contributed by atoms with Crippen LogP contribution in [0.15, 0.2) is 24.3 Å². The second-order valence-corrected chi connectivity index (χ2v) is 5.21. The molecule has 18 heavy (non-hydrogen) atoms. The molecule has 2 N–H and O–H groups in total. The Morgan fingerprint density at radius 3 is 2.39 bits per heavy atom. The van der Waals surface area contributed by atoms with Crippen LogP contribution >= 0.6 is 22.6 Å². The van der Waals surface area contributed by atoms with Crippen molar-refractivity contribution in [3.8, 4) is 0 Å². The van der Waals surface area contributed by atoms with Crippen LogP contribution < -0.4 is 5.32 Å². The largest absolute Gasteiger partial charge is 0.481 e. The molecule has 0 aliphatic heterocycles. The van der Waals surface area contributed by atoms with Crippen LogP contribution in [0, 0.1) is 3.57 Å². The summed E-state index contributed by atoms with van der Waals surface area (Å²) in [4.78, 5) is 22.0. The van der Waals surface area contributed by atoms with Gasteiger partial charge in [-0.2, -0.15) is 0 Å². The molecule has 0 aliphatic rings. The lowest BCUT2D eigenvalue weighted by Gasteiger charge is -2.05. The van der Waals surface area contributed by atoms with E-state index < -0.39 is 5.97 Å². The number of aliphatic carboxylic acids is 1. The summed E-state index contributed by atoms with van der Waals surface area (Å²) in [5.41, 5.74) is 0.654. The van der Waals surface area contributed by atoms with Crippen molar-refractivity contribution in [1.82, 2.24) is 5.32 Å². The summed E-state index contributed by atoms with van der Waals surface area (Å²) in [6, 6.07) is 7.37. The topological polar surface area (TPSA) is 66.4 Å². The maximum atomic E-state index is 11.7. The number of carbonyl (C=O) groups is 2. The second kappa shape index (κ2) is 8.07. The first-order valence-electron chi connectivity index (χ1n) is 5.85. The van der Waals surface area contributed by atoms with Gasteiger partial charge in [-0.3, -0.25) is 9.59 Å². The molecule has 1 aromatic rings. The van der Waals surface area contributed by atoms with Crippen molar-refractivity contribution in [1.29, 1.82) is 0 Å². The van der Waals surface area contributed by atoms with Crippen LogP contribution in [0.2, 0.25) is 0 Å². The number of unbranched alkanes of at least 4 members (excludes halogenated alkanes) is 2. The molecule has 0 bridgehead atoms. The number of hydrogen-bond donors (Lipinski definition) is 2. The van der Waals surface area contributed by atoms with Crippen LogP contribution in [0.4, 0.5) is 0 Å². The van der Waals surface area contributed by atoms with Gasteiger partial charge in [0.25, 0.3) is 5.91 Å². The number of amides is 1. The van der Waals surface area contributed by atoms with Crippen molar-refractivity contribution < 1.29 is 14.7 Å². The molecule has 0 aliphatic carbocycles. The lowest BCUT2D eigenvalue weighted by Crippen LogP contribution is -2.24. The molecule has 1 aromatic carbocycles. The highest BCUT2D eigenvalue weighted by atomic mass is 127. The zero-order chi connectivity index (χ0) is 13.4. The van der Waals surface area contributed by atoms with E-state index in [9.17, 15) is 9.59 Å². The van der Waals surface area contributed by atoms with E-state index in [1.807, 2.05) is 12.1 Å². The van der Waals surface area contributed by atoms with Gasteiger partial charge in [0.05, 0.1) is 0 Å². The standard InChI is InChI=1S/C13H16INO3/c14-11-7-5-10(6-8-11)13(18)15-9-3-1-2-4-12(16)17/h5-8H,1-4,9H2,(H,15,18)(H,16,17). The molecule has 5 heteroatoms. The predicted octanol–water partition coefficient (Wildman–Crippen LogP) is 2.67. The second-order valence-electron chi connectivity index (χ2n) is 3.97. The first-order valence-corrected chi connectivity index (χ1v) is 6.93. The van der Waals surface area contributed by atoms with Crippen molar-refractivity contribution in [3.63, 3.8) is 0 Å². The minimum absolute atomic E-state index is 0.0790.